The maximum Gasteiger partial charge on any atom is 0.274 e. The van der Waals surface area contributed by atoms with Crippen molar-refractivity contribution in [3.05, 3.63) is 76.9 Å². The molecule has 0 atom stereocenters. The smallest absolute Gasteiger partial charge is 0.274 e. The third-order valence-corrected chi connectivity index (χ3v) is 4.15. The van der Waals surface area contributed by atoms with Gasteiger partial charge in [0.1, 0.15) is 11.8 Å². The Hall–Kier alpha value is -3.79. The Kier molecular flexibility index (Phi) is 3.78. The molecule has 126 valence electrons. The van der Waals surface area contributed by atoms with Crippen molar-refractivity contribution in [2.75, 3.05) is 5.32 Å². The van der Waals surface area contributed by atoms with E-state index in [1.54, 1.807) is 23.9 Å². The monoisotopic (exact) mass is 342 g/mol. The number of nitriles is 1. The minimum absolute atomic E-state index is 0.297. The van der Waals surface area contributed by atoms with Gasteiger partial charge in [0.2, 0.25) is 0 Å². The predicted octanol–water partition coefficient (Wildman–Crippen LogP) is 2.52. The van der Waals surface area contributed by atoms with E-state index in [1.165, 1.54) is 6.20 Å². The number of amides is 1. The highest BCUT2D eigenvalue weighted by Crippen LogP contribution is 2.24. The van der Waals surface area contributed by atoms with E-state index < -0.39 is 0 Å². The topological polar surface area (TPSA) is 96.0 Å². The minimum atomic E-state index is -0.317. The van der Waals surface area contributed by atoms with E-state index in [-0.39, 0.29) is 5.91 Å². The van der Waals surface area contributed by atoms with Gasteiger partial charge in [0.25, 0.3) is 5.91 Å². The van der Waals surface area contributed by atoms with Gasteiger partial charge in [-0.15, -0.1) is 0 Å². The second kappa shape index (κ2) is 6.26. The molecule has 0 fully saturated rings. The summed E-state index contributed by atoms with van der Waals surface area (Å²) in [6.45, 7) is 2.35. The molecule has 0 saturated heterocycles. The number of carbonyl (C=O) groups excluding carboxylic acids is 1. The first kappa shape index (κ1) is 15.7. The van der Waals surface area contributed by atoms with Crippen LogP contribution in [0.15, 0.2) is 53.9 Å². The highest BCUT2D eigenvalue weighted by atomic mass is 16.1. The van der Waals surface area contributed by atoms with Gasteiger partial charge in [-0.3, -0.25) is 9.79 Å². The summed E-state index contributed by atoms with van der Waals surface area (Å²) < 4.78 is 1.71. The van der Waals surface area contributed by atoms with Crippen molar-refractivity contribution in [3.8, 4) is 6.07 Å². The standard InChI is InChI=1S/C19H14N6O/c1-12-7-13(9-20)10-21-17(12)19(26)24-15-4-3-14-11-22-18(16(14)8-15)25-6-2-5-23-25/h2-8,10H,11H2,1H3,(H,24,26). The maximum absolute atomic E-state index is 12.5. The molecular weight excluding hydrogens is 328 g/mol. The normalized spacial score (nSPS) is 12.2. The zero-order chi connectivity index (χ0) is 18.1. The molecule has 0 spiro atoms. The lowest BCUT2D eigenvalue weighted by Crippen LogP contribution is -2.17. The highest BCUT2D eigenvalue weighted by molar-refractivity contribution is 6.06. The lowest BCUT2D eigenvalue weighted by atomic mass is 10.1. The summed E-state index contributed by atoms with van der Waals surface area (Å²) >= 11 is 0. The number of nitrogens with one attached hydrogen (secondary N) is 1. The molecule has 3 heterocycles. The molecular formula is C19H14N6O. The predicted molar refractivity (Wildman–Crippen MR) is 96.0 cm³/mol. The van der Waals surface area contributed by atoms with Crippen LogP contribution >= 0.6 is 0 Å². The van der Waals surface area contributed by atoms with Crippen molar-refractivity contribution in [1.82, 2.24) is 14.8 Å². The molecule has 0 radical (unpaired) electrons. The van der Waals surface area contributed by atoms with E-state index >= 15 is 0 Å². The molecule has 0 unspecified atom stereocenters. The summed E-state index contributed by atoms with van der Waals surface area (Å²) in [7, 11) is 0. The molecule has 1 aromatic carbocycles. The maximum atomic E-state index is 12.5. The molecule has 4 rings (SSSR count). The average molecular weight is 342 g/mol. The number of fused-ring (bicyclic) bond motifs is 1. The summed E-state index contributed by atoms with van der Waals surface area (Å²) in [4.78, 5) is 21.2. The third-order valence-electron chi connectivity index (χ3n) is 4.15. The SMILES string of the molecule is Cc1cc(C#N)cnc1C(=O)Nc1ccc2c(c1)C(n1cccn1)=NC2. The van der Waals surface area contributed by atoms with Crippen LogP contribution in [0.3, 0.4) is 0 Å². The molecule has 0 aliphatic carbocycles. The Morgan fingerprint density at radius 1 is 1.35 bits per heavy atom. The quantitative estimate of drug-likeness (QED) is 0.774. The minimum Gasteiger partial charge on any atom is -0.321 e. The summed E-state index contributed by atoms with van der Waals surface area (Å²) in [6.07, 6.45) is 4.93. The van der Waals surface area contributed by atoms with Crippen LogP contribution in [0.25, 0.3) is 0 Å². The van der Waals surface area contributed by atoms with Crippen molar-refractivity contribution in [1.29, 1.82) is 5.26 Å². The molecule has 3 aromatic rings. The Balaban J connectivity index is 1.61. The number of pyridine rings is 1. The van der Waals surface area contributed by atoms with Crippen LogP contribution in [0.4, 0.5) is 5.69 Å². The van der Waals surface area contributed by atoms with Crippen LogP contribution in [-0.4, -0.2) is 26.5 Å². The van der Waals surface area contributed by atoms with E-state index in [2.05, 4.69) is 20.4 Å². The molecule has 2 aromatic heterocycles. The van der Waals surface area contributed by atoms with Gasteiger partial charge in [-0.25, -0.2) is 9.67 Å². The number of carbonyl (C=O) groups is 1. The van der Waals surface area contributed by atoms with E-state index in [0.29, 0.717) is 29.1 Å². The largest absolute Gasteiger partial charge is 0.321 e. The summed E-state index contributed by atoms with van der Waals surface area (Å²) in [5.41, 5.74) is 4.06. The van der Waals surface area contributed by atoms with Crippen molar-refractivity contribution in [2.45, 2.75) is 13.5 Å². The fraction of sp³-hybridized carbons (Fsp3) is 0.105. The van der Waals surface area contributed by atoms with Crippen LogP contribution in [0.2, 0.25) is 0 Å². The number of aliphatic imine (C=N–C) groups is 1. The Morgan fingerprint density at radius 2 is 2.23 bits per heavy atom. The number of hydrogen-bond donors (Lipinski definition) is 1. The molecule has 7 nitrogen and oxygen atoms in total. The first-order chi connectivity index (χ1) is 12.7. The lowest BCUT2D eigenvalue weighted by Gasteiger charge is -2.10. The fourth-order valence-corrected chi connectivity index (χ4v) is 2.90. The van der Waals surface area contributed by atoms with E-state index in [9.17, 15) is 4.79 Å². The second-order valence-electron chi connectivity index (χ2n) is 5.92. The van der Waals surface area contributed by atoms with Crippen molar-refractivity contribution in [2.24, 2.45) is 4.99 Å². The Labute approximate surface area is 149 Å². The van der Waals surface area contributed by atoms with Crippen LogP contribution in [0.5, 0.6) is 0 Å². The van der Waals surface area contributed by atoms with Gasteiger partial charge >= 0.3 is 0 Å². The van der Waals surface area contributed by atoms with Gasteiger partial charge in [0.05, 0.1) is 12.1 Å². The van der Waals surface area contributed by atoms with Gasteiger partial charge in [0.15, 0.2) is 5.84 Å². The second-order valence-corrected chi connectivity index (χ2v) is 5.92. The third kappa shape index (κ3) is 2.74. The number of rotatable bonds is 2. The van der Waals surface area contributed by atoms with Gasteiger partial charge in [-0.2, -0.15) is 10.4 Å². The molecule has 0 saturated carbocycles. The van der Waals surface area contributed by atoms with Gasteiger partial charge in [0, 0.05) is 29.8 Å². The number of anilines is 1. The molecule has 7 heteroatoms. The lowest BCUT2D eigenvalue weighted by molar-refractivity contribution is 0.102. The molecule has 0 bridgehead atoms. The summed E-state index contributed by atoms with van der Waals surface area (Å²) in [5, 5.41) is 16.0. The molecule has 1 aliphatic heterocycles. The van der Waals surface area contributed by atoms with E-state index in [1.807, 2.05) is 36.5 Å². The zero-order valence-electron chi connectivity index (χ0n) is 14.0. The fourth-order valence-electron chi connectivity index (χ4n) is 2.90. The first-order valence-electron chi connectivity index (χ1n) is 8.01. The number of benzene rings is 1. The van der Waals surface area contributed by atoms with Crippen molar-refractivity contribution in [3.63, 3.8) is 0 Å². The van der Waals surface area contributed by atoms with Crippen molar-refractivity contribution >= 4 is 17.4 Å². The van der Waals surface area contributed by atoms with Crippen LogP contribution in [-0.2, 0) is 6.54 Å². The number of nitrogens with zero attached hydrogens (tertiary/aromatic N) is 5. The van der Waals surface area contributed by atoms with E-state index in [0.717, 1.165) is 17.0 Å². The van der Waals surface area contributed by atoms with Gasteiger partial charge in [-0.1, -0.05) is 6.07 Å². The first-order valence-corrected chi connectivity index (χ1v) is 8.01. The molecule has 1 amide bonds. The van der Waals surface area contributed by atoms with Gasteiger partial charge in [-0.05, 0) is 42.3 Å². The van der Waals surface area contributed by atoms with Crippen LogP contribution in [0.1, 0.15) is 32.7 Å². The number of hydrogen-bond acceptors (Lipinski definition) is 5. The molecule has 26 heavy (non-hydrogen) atoms. The zero-order valence-corrected chi connectivity index (χ0v) is 14.0. The highest BCUT2D eigenvalue weighted by Gasteiger charge is 2.19. The summed E-state index contributed by atoms with van der Waals surface area (Å²) in [6, 6.07) is 11.2. The Morgan fingerprint density at radius 3 is 2.96 bits per heavy atom. The molecule has 1 N–H and O–H groups in total. The van der Waals surface area contributed by atoms with Crippen LogP contribution in [0, 0.1) is 18.3 Å². The molecule has 1 aliphatic rings. The van der Waals surface area contributed by atoms with Gasteiger partial charge < -0.3 is 5.32 Å². The summed E-state index contributed by atoms with van der Waals surface area (Å²) in [5.74, 6) is 0.441. The van der Waals surface area contributed by atoms with Crippen LogP contribution < -0.4 is 5.32 Å². The van der Waals surface area contributed by atoms with Crippen molar-refractivity contribution < 1.29 is 4.79 Å². The Bertz CT molecular complexity index is 1080. The number of aromatic nitrogens is 3. The number of aryl methyl sites for hydroxylation is 1. The van der Waals surface area contributed by atoms with E-state index in [4.69, 9.17) is 5.26 Å². The average Bonchev–Trinajstić information content (AvgIpc) is 3.30.